The van der Waals surface area contributed by atoms with Crippen LogP contribution in [-0.4, -0.2) is 34.1 Å². The van der Waals surface area contributed by atoms with Gasteiger partial charge in [0.05, 0.1) is 12.7 Å². The highest BCUT2D eigenvalue weighted by Gasteiger charge is 2.89. The van der Waals surface area contributed by atoms with Gasteiger partial charge in [-0.25, -0.2) is 0 Å². The normalized spacial score (nSPS) is 63.5. The highest BCUT2D eigenvalue weighted by atomic mass is 16.7. The van der Waals surface area contributed by atoms with Crippen molar-refractivity contribution in [1.82, 2.24) is 0 Å². The van der Waals surface area contributed by atoms with E-state index in [-0.39, 0.29) is 17.6 Å². The van der Waals surface area contributed by atoms with Gasteiger partial charge < -0.3 is 14.9 Å². The topological polar surface area (TPSA) is 53.0 Å². The summed E-state index contributed by atoms with van der Waals surface area (Å²) in [5, 5.41) is 20.5. The van der Waals surface area contributed by atoms with Crippen LogP contribution < -0.4 is 0 Å². The van der Waals surface area contributed by atoms with E-state index in [2.05, 4.69) is 20.8 Å². The summed E-state index contributed by atoms with van der Waals surface area (Å²) in [4.78, 5) is 0. The third-order valence-electron chi connectivity index (χ3n) is 6.93. The third-order valence-corrected chi connectivity index (χ3v) is 6.93. The molecule has 0 aromatic heterocycles. The van der Waals surface area contributed by atoms with E-state index in [1.165, 1.54) is 12.8 Å². The molecule has 1 heterocycles. The first-order valence-electron chi connectivity index (χ1n) is 7.31. The van der Waals surface area contributed by atoms with Crippen LogP contribution in [0.4, 0.5) is 0 Å². The number of aliphatic hydroxyl groups excluding tert-OH is 2. The average molecular weight is 252 g/mol. The highest BCUT2D eigenvalue weighted by Crippen LogP contribution is 2.80. The van der Waals surface area contributed by atoms with Gasteiger partial charge in [-0.05, 0) is 42.9 Å². The summed E-state index contributed by atoms with van der Waals surface area (Å²) < 4.78 is 6.02. The number of aliphatic hydroxyl groups is 2. The zero-order chi connectivity index (χ0) is 13.0. The van der Waals surface area contributed by atoms with Gasteiger partial charge in [0, 0.05) is 5.41 Å². The second kappa shape index (κ2) is 2.82. The maximum absolute atomic E-state index is 10.7. The summed E-state index contributed by atoms with van der Waals surface area (Å²) in [6.07, 6.45) is 4.00. The molecule has 0 bridgehead atoms. The van der Waals surface area contributed by atoms with Crippen LogP contribution in [0.3, 0.4) is 0 Å². The van der Waals surface area contributed by atoms with Crippen molar-refractivity contribution >= 4 is 0 Å². The van der Waals surface area contributed by atoms with Crippen molar-refractivity contribution in [3.63, 3.8) is 0 Å². The fourth-order valence-corrected chi connectivity index (χ4v) is 5.92. The predicted octanol–water partition coefficient (Wildman–Crippen LogP) is 1.71. The van der Waals surface area contributed by atoms with Gasteiger partial charge in [-0.1, -0.05) is 20.8 Å². The molecule has 0 aromatic rings. The molecule has 4 rings (SSSR count). The van der Waals surface area contributed by atoms with Gasteiger partial charge in [-0.15, -0.1) is 0 Å². The second-order valence-corrected chi connectivity index (χ2v) is 8.18. The van der Waals surface area contributed by atoms with Gasteiger partial charge >= 0.3 is 0 Å². The first kappa shape index (κ1) is 11.7. The van der Waals surface area contributed by atoms with Crippen LogP contribution in [0.25, 0.3) is 0 Å². The molecule has 0 aromatic carbocycles. The molecule has 0 amide bonds. The van der Waals surface area contributed by atoms with Crippen molar-refractivity contribution in [1.29, 1.82) is 0 Å². The van der Waals surface area contributed by atoms with E-state index in [1.807, 2.05) is 0 Å². The molecule has 18 heavy (non-hydrogen) atoms. The Morgan fingerprint density at radius 2 is 1.89 bits per heavy atom. The Morgan fingerprint density at radius 1 is 1.17 bits per heavy atom. The minimum atomic E-state index is -0.623. The lowest BCUT2D eigenvalue weighted by molar-refractivity contribution is -0.116. The molecule has 1 spiro atoms. The van der Waals surface area contributed by atoms with E-state index >= 15 is 0 Å². The summed E-state index contributed by atoms with van der Waals surface area (Å²) in [6, 6.07) is 0. The molecule has 4 aliphatic rings. The van der Waals surface area contributed by atoms with Crippen LogP contribution in [0.15, 0.2) is 0 Å². The smallest absolute Gasteiger partial charge is 0.147 e. The number of hydrogen-bond acceptors (Lipinski definition) is 3. The van der Waals surface area contributed by atoms with Crippen LogP contribution in [0.1, 0.15) is 46.5 Å². The Morgan fingerprint density at radius 3 is 2.44 bits per heavy atom. The molecule has 3 aliphatic carbocycles. The monoisotopic (exact) mass is 252 g/mol. The lowest BCUT2D eigenvalue weighted by Crippen LogP contribution is -2.65. The van der Waals surface area contributed by atoms with E-state index in [4.69, 9.17) is 4.74 Å². The lowest BCUT2D eigenvalue weighted by Gasteiger charge is -2.57. The quantitative estimate of drug-likeness (QED) is 0.699. The van der Waals surface area contributed by atoms with Crippen LogP contribution >= 0.6 is 0 Å². The number of hydrogen-bond donors (Lipinski definition) is 2. The molecule has 6 atom stereocenters. The van der Waals surface area contributed by atoms with Crippen molar-refractivity contribution in [3.8, 4) is 0 Å². The largest absolute Gasteiger partial charge is 0.393 e. The fraction of sp³-hybridized carbons (Fsp3) is 1.00. The maximum atomic E-state index is 10.7. The average Bonchev–Trinajstić information content (AvgIpc) is 2.94. The molecule has 3 heteroatoms. The van der Waals surface area contributed by atoms with Crippen molar-refractivity contribution in [2.24, 2.45) is 22.7 Å². The van der Waals surface area contributed by atoms with E-state index in [0.29, 0.717) is 17.3 Å². The molecule has 3 nitrogen and oxygen atoms in total. The zero-order valence-electron chi connectivity index (χ0n) is 11.6. The number of ether oxygens (including phenoxy) is 1. The van der Waals surface area contributed by atoms with Crippen molar-refractivity contribution in [3.05, 3.63) is 0 Å². The lowest BCUT2D eigenvalue weighted by atomic mass is 9.44. The third kappa shape index (κ3) is 0.918. The van der Waals surface area contributed by atoms with E-state index in [9.17, 15) is 10.2 Å². The standard InChI is InChI=1S/C15H24O3/c1-12(2)6-9-10(7-12)13(3)4-5-15(13)14(8-16,18-15)11(9)17/h9-11,16-17H,4-8H2,1-3H3/t9-,10+,11-,13+,14-,15+/m1/s1. The second-order valence-electron chi connectivity index (χ2n) is 8.18. The van der Waals surface area contributed by atoms with Gasteiger partial charge in [0.1, 0.15) is 11.2 Å². The van der Waals surface area contributed by atoms with E-state index < -0.39 is 11.7 Å². The van der Waals surface area contributed by atoms with Gasteiger partial charge in [0.15, 0.2) is 0 Å². The minimum Gasteiger partial charge on any atom is -0.393 e. The molecular formula is C15H24O3. The molecule has 102 valence electrons. The number of rotatable bonds is 1. The van der Waals surface area contributed by atoms with Gasteiger partial charge in [-0.3, -0.25) is 0 Å². The Kier molecular flexibility index (Phi) is 1.83. The molecule has 0 unspecified atom stereocenters. The Hall–Kier alpha value is -0.120. The van der Waals surface area contributed by atoms with Gasteiger partial charge in [-0.2, -0.15) is 0 Å². The van der Waals surface area contributed by atoms with Gasteiger partial charge in [0.2, 0.25) is 0 Å². The van der Waals surface area contributed by atoms with Crippen LogP contribution in [-0.2, 0) is 4.74 Å². The molecule has 4 fully saturated rings. The minimum absolute atomic E-state index is 0.0204. The summed E-state index contributed by atoms with van der Waals surface area (Å²) >= 11 is 0. The molecule has 1 saturated heterocycles. The number of epoxide rings is 1. The maximum Gasteiger partial charge on any atom is 0.147 e. The first-order chi connectivity index (χ1) is 8.32. The summed E-state index contributed by atoms with van der Waals surface area (Å²) in [7, 11) is 0. The highest BCUT2D eigenvalue weighted by molar-refractivity contribution is 5.36. The molecule has 0 radical (unpaired) electrons. The van der Waals surface area contributed by atoms with Gasteiger partial charge in [0.25, 0.3) is 0 Å². The first-order valence-corrected chi connectivity index (χ1v) is 7.31. The predicted molar refractivity (Wildman–Crippen MR) is 67.0 cm³/mol. The van der Waals surface area contributed by atoms with Crippen LogP contribution in [0.2, 0.25) is 0 Å². The summed E-state index contributed by atoms with van der Waals surface area (Å²) in [5.41, 5.74) is -0.311. The Labute approximate surface area is 109 Å². The molecular weight excluding hydrogens is 228 g/mol. The molecule has 2 N–H and O–H groups in total. The summed E-state index contributed by atoms with van der Waals surface area (Å²) in [5.74, 6) is 0.881. The van der Waals surface area contributed by atoms with E-state index in [0.717, 1.165) is 12.8 Å². The van der Waals surface area contributed by atoms with E-state index in [1.54, 1.807) is 0 Å². The summed E-state index contributed by atoms with van der Waals surface area (Å²) in [6.45, 7) is 6.93. The van der Waals surface area contributed by atoms with Crippen molar-refractivity contribution in [2.75, 3.05) is 6.61 Å². The Balaban J connectivity index is 1.79. The van der Waals surface area contributed by atoms with Crippen LogP contribution in [0, 0.1) is 22.7 Å². The number of fused-ring (bicyclic) bond motifs is 2. The molecule has 1 aliphatic heterocycles. The fourth-order valence-electron chi connectivity index (χ4n) is 5.92. The zero-order valence-corrected chi connectivity index (χ0v) is 11.6. The Bertz CT molecular complexity index is 414. The SMILES string of the molecule is CC1(C)C[C@H]2[C@@H](O)[C@@]3(CO)O[C@]34CC[C@@]4(C)[C@H]2C1. The van der Waals surface area contributed by atoms with Crippen molar-refractivity contribution < 1.29 is 14.9 Å². The molecule has 3 saturated carbocycles. The van der Waals surface area contributed by atoms with Crippen molar-refractivity contribution in [2.45, 2.75) is 63.8 Å². The van der Waals surface area contributed by atoms with Crippen LogP contribution in [0.5, 0.6) is 0 Å².